The summed E-state index contributed by atoms with van der Waals surface area (Å²) in [6.07, 6.45) is 7.69. The molecule has 2 rings (SSSR count). The second kappa shape index (κ2) is 10.5. The van der Waals surface area contributed by atoms with Crippen LogP contribution in [0.1, 0.15) is 58.3 Å². The van der Waals surface area contributed by atoms with Gasteiger partial charge in [0.25, 0.3) is 0 Å². The lowest BCUT2D eigenvalue weighted by atomic mass is 9.91. The van der Waals surface area contributed by atoms with Crippen LogP contribution in [-0.4, -0.2) is 59.2 Å². The van der Waals surface area contributed by atoms with Crippen molar-refractivity contribution in [2.75, 3.05) is 19.6 Å². The van der Waals surface area contributed by atoms with E-state index in [4.69, 9.17) is 0 Å². The molecule has 2 atom stereocenters. The Bertz CT molecular complexity index is 482. The minimum Gasteiger partial charge on any atom is -0.354 e. The first-order chi connectivity index (χ1) is 12.6. The van der Waals surface area contributed by atoms with E-state index in [0.29, 0.717) is 43.3 Å². The van der Waals surface area contributed by atoms with Crippen molar-refractivity contribution in [1.82, 2.24) is 20.8 Å². The van der Waals surface area contributed by atoms with Crippen LogP contribution in [0.2, 0.25) is 0 Å². The number of amides is 3. The van der Waals surface area contributed by atoms with E-state index in [0.717, 1.165) is 38.5 Å². The maximum absolute atomic E-state index is 13.2. The topological polar surface area (TPSA) is 102 Å². The summed E-state index contributed by atoms with van der Waals surface area (Å²) in [5.74, 6) is -0.445. The number of carbonyl (C=O) groups is 3. The summed E-state index contributed by atoms with van der Waals surface area (Å²) >= 11 is 0. The molecule has 0 aromatic rings. The van der Waals surface area contributed by atoms with E-state index in [-0.39, 0.29) is 18.4 Å². The van der Waals surface area contributed by atoms with E-state index < -0.39 is 12.0 Å². The second-order valence-electron chi connectivity index (χ2n) is 7.38. The summed E-state index contributed by atoms with van der Waals surface area (Å²) in [5.41, 5.74) is 3.06. The van der Waals surface area contributed by atoms with Crippen molar-refractivity contribution >= 4 is 18.2 Å². The van der Waals surface area contributed by atoms with Gasteiger partial charge in [0, 0.05) is 13.1 Å². The fourth-order valence-electron chi connectivity index (χ4n) is 3.95. The highest BCUT2D eigenvalue weighted by Gasteiger charge is 2.37. The van der Waals surface area contributed by atoms with Crippen LogP contribution < -0.4 is 10.7 Å². The highest BCUT2D eigenvalue weighted by molar-refractivity contribution is 5.88. The number of hydrogen-bond acceptors (Lipinski definition) is 5. The van der Waals surface area contributed by atoms with E-state index in [1.165, 1.54) is 5.01 Å². The van der Waals surface area contributed by atoms with Crippen molar-refractivity contribution in [3.05, 3.63) is 0 Å². The minimum absolute atomic E-state index is 0.0414. The summed E-state index contributed by atoms with van der Waals surface area (Å²) in [5, 5.41) is 14.5. The Kier molecular flexibility index (Phi) is 8.31. The third kappa shape index (κ3) is 5.67. The zero-order valence-corrected chi connectivity index (χ0v) is 15.7. The number of hydroxylamine groups is 2. The zero-order valence-electron chi connectivity index (χ0n) is 15.7. The molecule has 3 N–H and O–H groups in total. The van der Waals surface area contributed by atoms with E-state index in [9.17, 15) is 19.6 Å². The van der Waals surface area contributed by atoms with Crippen LogP contribution in [0.25, 0.3) is 0 Å². The van der Waals surface area contributed by atoms with Crippen molar-refractivity contribution in [3.63, 3.8) is 0 Å². The molecule has 0 radical (unpaired) electrons. The third-order valence-corrected chi connectivity index (χ3v) is 5.31. The second-order valence-corrected chi connectivity index (χ2v) is 7.38. The summed E-state index contributed by atoms with van der Waals surface area (Å²) in [4.78, 5) is 36.5. The van der Waals surface area contributed by atoms with Gasteiger partial charge in [-0.1, -0.05) is 32.6 Å². The molecule has 0 bridgehead atoms. The van der Waals surface area contributed by atoms with Gasteiger partial charge in [-0.15, -0.1) is 0 Å². The molecule has 8 nitrogen and oxygen atoms in total. The summed E-state index contributed by atoms with van der Waals surface area (Å²) < 4.78 is 0. The van der Waals surface area contributed by atoms with E-state index in [1.807, 2.05) is 6.92 Å². The molecule has 8 heteroatoms. The number of nitrogens with one attached hydrogen (secondary N) is 2. The molecule has 0 spiro atoms. The van der Waals surface area contributed by atoms with Crippen LogP contribution in [0, 0.1) is 11.8 Å². The van der Waals surface area contributed by atoms with Crippen LogP contribution in [0.15, 0.2) is 0 Å². The molecule has 0 aromatic heterocycles. The average molecular weight is 368 g/mol. The largest absolute Gasteiger partial charge is 0.354 e. The van der Waals surface area contributed by atoms with Gasteiger partial charge in [-0.05, 0) is 31.6 Å². The Labute approximate surface area is 155 Å². The smallest absolute Gasteiger partial charge is 0.244 e. The van der Waals surface area contributed by atoms with Crippen molar-refractivity contribution in [1.29, 1.82) is 0 Å². The summed E-state index contributed by atoms with van der Waals surface area (Å²) in [7, 11) is 0. The molecule has 148 valence electrons. The molecule has 1 aliphatic heterocycles. The number of hydrogen-bond donors (Lipinski definition) is 3. The molecule has 1 saturated heterocycles. The molecule has 1 heterocycles. The molecule has 0 aromatic carbocycles. The highest BCUT2D eigenvalue weighted by atomic mass is 16.5. The van der Waals surface area contributed by atoms with Gasteiger partial charge in [0.1, 0.15) is 6.04 Å². The van der Waals surface area contributed by atoms with Gasteiger partial charge in [-0.3, -0.25) is 24.6 Å². The Hall–Kier alpha value is -1.67. The van der Waals surface area contributed by atoms with Crippen molar-refractivity contribution in [2.45, 2.75) is 64.3 Å². The van der Waals surface area contributed by atoms with Gasteiger partial charge in [0.15, 0.2) is 0 Å². The van der Waals surface area contributed by atoms with Crippen LogP contribution >= 0.6 is 0 Å². The number of nitrogens with zero attached hydrogens (tertiary/aromatic N) is 2. The monoisotopic (exact) mass is 368 g/mol. The normalized spacial score (nSPS) is 22.1. The Morgan fingerprint density at radius 3 is 2.69 bits per heavy atom. The molecule has 1 aliphatic carbocycles. The standard InChI is InChI=1S/C18H32N4O4/c1-2-9-19-17(24)16-8-5-10-20-22(16)18(25)15(12-21(26)13-23)11-14-6-3-4-7-14/h13-16,20,26H,2-12H2,1H3,(H,19,24)/t15-,16+/m1/s1. The van der Waals surface area contributed by atoms with Crippen LogP contribution in [0.3, 0.4) is 0 Å². The molecule has 2 fully saturated rings. The van der Waals surface area contributed by atoms with Crippen LogP contribution in [0.5, 0.6) is 0 Å². The van der Waals surface area contributed by atoms with Crippen LogP contribution in [-0.2, 0) is 14.4 Å². The maximum atomic E-state index is 13.2. The van der Waals surface area contributed by atoms with Crippen LogP contribution in [0.4, 0.5) is 0 Å². The third-order valence-electron chi connectivity index (χ3n) is 5.31. The minimum atomic E-state index is -0.544. The lowest BCUT2D eigenvalue weighted by Gasteiger charge is -2.38. The van der Waals surface area contributed by atoms with Crippen molar-refractivity contribution < 1.29 is 19.6 Å². The first-order valence-electron chi connectivity index (χ1n) is 9.81. The Morgan fingerprint density at radius 2 is 2.04 bits per heavy atom. The molecule has 3 amide bonds. The van der Waals surface area contributed by atoms with Gasteiger partial charge in [0.2, 0.25) is 18.2 Å². The number of hydrazine groups is 1. The first kappa shape index (κ1) is 20.6. The van der Waals surface area contributed by atoms with Gasteiger partial charge in [-0.2, -0.15) is 0 Å². The predicted molar refractivity (Wildman–Crippen MR) is 95.8 cm³/mol. The number of rotatable bonds is 9. The quantitative estimate of drug-likeness (QED) is 0.321. The maximum Gasteiger partial charge on any atom is 0.244 e. The molecule has 1 saturated carbocycles. The van der Waals surface area contributed by atoms with Gasteiger partial charge in [-0.25, -0.2) is 10.5 Å². The van der Waals surface area contributed by atoms with Gasteiger partial charge < -0.3 is 5.32 Å². The van der Waals surface area contributed by atoms with E-state index in [2.05, 4.69) is 10.7 Å². The highest BCUT2D eigenvalue weighted by Crippen LogP contribution is 2.31. The lowest BCUT2D eigenvalue weighted by Crippen LogP contribution is -2.60. The zero-order chi connectivity index (χ0) is 18.9. The average Bonchev–Trinajstić information content (AvgIpc) is 3.18. The van der Waals surface area contributed by atoms with Gasteiger partial charge in [0.05, 0.1) is 12.5 Å². The molecular weight excluding hydrogens is 336 g/mol. The van der Waals surface area contributed by atoms with E-state index in [1.54, 1.807) is 0 Å². The summed E-state index contributed by atoms with van der Waals surface area (Å²) in [6.45, 7) is 3.16. The fourth-order valence-corrected chi connectivity index (χ4v) is 3.95. The lowest BCUT2D eigenvalue weighted by molar-refractivity contribution is -0.162. The van der Waals surface area contributed by atoms with Crippen molar-refractivity contribution in [2.24, 2.45) is 11.8 Å². The van der Waals surface area contributed by atoms with E-state index >= 15 is 0 Å². The summed E-state index contributed by atoms with van der Waals surface area (Å²) in [6, 6.07) is -0.544. The Balaban J connectivity index is 2.08. The number of carbonyl (C=O) groups excluding carboxylic acids is 3. The molecule has 0 unspecified atom stereocenters. The first-order valence-corrected chi connectivity index (χ1v) is 9.81. The van der Waals surface area contributed by atoms with Gasteiger partial charge >= 0.3 is 0 Å². The SMILES string of the molecule is CCCNC(=O)[C@@H]1CCCNN1C(=O)[C@H](CC1CCCC1)CN(O)C=O. The van der Waals surface area contributed by atoms with Crippen molar-refractivity contribution in [3.8, 4) is 0 Å². The molecular formula is C18H32N4O4. The molecule has 26 heavy (non-hydrogen) atoms. The Morgan fingerprint density at radius 1 is 1.31 bits per heavy atom. The molecule has 2 aliphatic rings. The predicted octanol–water partition coefficient (Wildman–Crippen LogP) is 1.05. The fraction of sp³-hybridized carbons (Fsp3) is 0.833.